The molecule has 77 valence electrons. The second-order valence-electron chi connectivity index (χ2n) is 2.36. The maximum atomic E-state index is 4.99. The van der Waals surface area contributed by atoms with Crippen molar-refractivity contribution in [3.05, 3.63) is 30.7 Å². The van der Waals surface area contributed by atoms with Crippen molar-refractivity contribution in [2.45, 2.75) is 13.8 Å². The standard InChI is InChI=1S/C8H9O2.C3H7.Nb/c1-9-7-5-3-4-6-8(7)10-2;1-3-2;/h3,5-6H,1-2H3;3H,1-2H3;/q2*-1;+2. The first kappa shape index (κ1) is 16.0. The van der Waals surface area contributed by atoms with Gasteiger partial charge in [-0.2, -0.15) is 26.0 Å². The van der Waals surface area contributed by atoms with E-state index in [2.05, 4.69) is 6.07 Å². The Morgan fingerprint density at radius 2 is 1.64 bits per heavy atom. The fraction of sp³-hybridized carbons (Fsp3) is 0.364. The number of hydrogen-bond acceptors (Lipinski definition) is 2. The molecule has 1 rings (SSSR count). The summed E-state index contributed by atoms with van der Waals surface area (Å²) in [6, 6.07) is 8.20. The quantitative estimate of drug-likeness (QED) is 0.609. The molecule has 0 saturated carbocycles. The van der Waals surface area contributed by atoms with E-state index in [0.717, 1.165) is 5.75 Å². The number of rotatable bonds is 2. The molecule has 0 bridgehead atoms. The summed E-state index contributed by atoms with van der Waals surface area (Å²) in [5.74, 6) is 1.45. The zero-order valence-electron chi connectivity index (χ0n) is 9.07. The first-order chi connectivity index (χ1) is 6.29. The summed E-state index contributed by atoms with van der Waals surface area (Å²) in [5, 5.41) is 0. The van der Waals surface area contributed by atoms with Gasteiger partial charge in [-0.25, -0.2) is 0 Å². The van der Waals surface area contributed by atoms with Crippen molar-refractivity contribution in [3.63, 3.8) is 0 Å². The Morgan fingerprint density at radius 1 is 1.14 bits per heavy atom. The van der Waals surface area contributed by atoms with Gasteiger partial charge in [-0.3, -0.25) is 0 Å². The third-order valence-electron chi connectivity index (χ3n) is 1.23. The van der Waals surface area contributed by atoms with E-state index in [-0.39, 0.29) is 22.4 Å². The Morgan fingerprint density at radius 3 is 2.00 bits per heavy atom. The topological polar surface area (TPSA) is 18.5 Å². The Labute approximate surface area is 102 Å². The monoisotopic (exact) mass is 273 g/mol. The van der Waals surface area contributed by atoms with E-state index in [0.29, 0.717) is 5.75 Å². The SMILES string of the molecule is COc1c[c-]ccc1OC.C[CH-]C.[Nb+2]. The molecule has 0 aromatic heterocycles. The molecular weight excluding hydrogens is 257 g/mol. The van der Waals surface area contributed by atoms with Crippen molar-refractivity contribution >= 4 is 0 Å². The van der Waals surface area contributed by atoms with Crippen LogP contribution >= 0.6 is 0 Å². The maximum Gasteiger partial charge on any atom is 2.00 e. The Kier molecular flexibility index (Phi) is 12.2. The molecule has 14 heavy (non-hydrogen) atoms. The summed E-state index contributed by atoms with van der Waals surface area (Å²) < 4.78 is 9.97. The molecule has 0 spiro atoms. The van der Waals surface area contributed by atoms with Gasteiger partial charge in [0.2, 0.25) is 0 Å². The van der Waals surface area contributed by atoms with Crippen LogP contribution in [-0.4, -0.2) is 14.2 Å². The Balaban J connectivity index is 0. The number of methoxy groups -OCH3 is 2. The molecule has 0 atom stereocenters. The average molecular weight is 273 g/mol. The van der Waals surface area contributed by atoms with Gasteiger partial charge in [0.05, 0.1) is 20.0 Å². The molecule has 1 radical (unpaired) electrons. The number of ether oxygens (including phenoxy) is 2. The molecule has 0 N–H and O–H groups in total. The normalized spacial score (nSPS) is 7.71. The molecule has 0 amide bonds. The van der Waals surface area contributed by atoms with Crippen LogP contribution in [0.2, 0.25) is 0 Å². The predicted molar refractivity (Wildman–Crippen MR) is 54.0 cm³/mol. The predicted octanol–water partition coefficient (Wildman–Crippen LogP) is 2.73. The summed E-state index contributed by atoms with van der Waals surface area (Å²) >= 11 is 0. The van der Waals surface area contributed by atoms with Crippen molar-refractivity contribution in [1.29, 1.82) is 0 Å². The first-order valence-electron chi connectivity index (χ1n) is 4.12. The second-order valence-corrected chi connectivity index (χ2v) is 2.36. The molecule has 0 aliphatic heterocycles. The average Bonchev–Trinajstić information content (AvgIpc) is 2.19. The van der Waals surface area contributed by atoms with Gasteiger partial charge in [0, 0.05) is 5.75 Å². The first-order valence-corrected chi connectivity index (χ1v) is 4.12. The van der Waals surface area contributed by atoms with Crippen LogP contribution in [0.5, 0.6) is 11.5 Å². The molecule has 0 aliphatic carbocycles. The zero-order valence-corrected chi connectivity index (χ0v) is 11.3. The van der Waals surface area contributed by atoms with Crippen LogP contribution in [0.15, 0.2) is 18.2 Å². The van der Waals surface area contributed by atoms with Crippen molar-refractivity contribution in [1.82, 2.24) is 0 Å². The van der Waals surface area contributed by atoms with E-state index in [4.69, 9.17) is 9.47 Å². The summed E-state index contributed by atoms with van der Waals surface area (Å²) in [6.45, 7) is 4.00. The molecule has 0 fully saturated rings. The largest absolute Gasteiger partial charge is 2.00 e. The fourth-order valence-electron chi connectivity index (χ4n) is 0.729. The fourth-order valence-corrected chi connectivity index (χ4v) is 0.729. The van der Waals surface area contributed by atoms with Crippen molar-refractivity contribution in [2.75, 3.05) is 14.2 Å². The van der Waals surface area contributed by atoms with E-state index >= 15 is 0 Å². The third-order valence-corrected chi connectivity index (χ3v) is 1.23. The van der Waals surface area contributed by atoms with Crippen LogP contribution in [0.3, 0.4) is 0 Å². The molecule has 2 nitrogen and oxygen atoms in total. The molecule has 1 aromatic carbocycles. The van der Waals surface area contributed by atoms with E-state index in [1.165, 1.54) is 0 Å². The summed E-state index contributed by atoms with van der Waals surface area (Å²) in [6.07, 6.45) is 2.00. The minimum absolute atomic E-state index is 0. The molecule has 0 heterocycles. The van der Waals surface area contributed by atoms with Gasteiger partial charge in [0.1, 0.15) is 0 Å². The molecule has 0 unspecified atom stereocenters. The van der Waals surface area contributed by atoms with E-state index in [1.807, 2.05) is 20.3 Å². The summed E-state index contributed by atoms with van der Waals surface area (Å²) in [7, 11) is 3.21. The van der Waals surface area contributed by atoms with Crippen molar-refractivity contribution < 1.29 is 31.9 Å². The van der Waals surface area contributed by atoms with Crippen LogP contribution in [-0.2, 0) is 22.4 Å². The molecule has 0 saturated heterocycles. The Bertz CT molecular complexity index is 203. The van der Waals surface area contributed by atoms with Gasteiger partial charge >= 0.3 is 22.4 Å². The zero-order chi connectivity index (χ0) is 10.1. The van der Waals surface area contributed by atoms with Gasteiger partial charge in [-0.1, -0.05) is 0 Å². The van der Waals surface area contributed by atoms with E-state index in [1.54, 1.807) is 32.4 Å². The van der Waals surface area contributed by atoms with Crippen LogP contribution in [0.4, 0.5) is 0 Å². The van der Waals surface area contributed by atoms with Crippen LogP contribution < -0.4 is 9.47 Å². The maximum absolute atomic E-state index is 4.99. The van der Waals surface area contributed by atoms with E-state index in [9.17, 15) is 0 Å². The van der Waals surface area contributed by atoms with Crippen LogP contribution in [0, 0.1) is 12.5 Å². The third kappa shape index (κ3) is 6.08. The van der Waals surface area contributed by atoms with E-state index < -0.39 is 0 Å². The van der Waals surface area contributed by atoms with Crippen LogP contribution in [0.25, 0.3) is 0 Å². The molecular formula is C11H16NbO2. The van der Waals surface area contributed by atoms with Gasteiger partial charge in [-0.05, 0) is 0 Å². The minimum Gasteiger partial charge on any atom is -0.551 e. The summed E-state index contributed by atoms with van der Waals surface area (Å²) in [5.41, 5.74) is 0. The van der Waals surface area contributed by atoms with Crippen molar-refractivity contribution in [3.8, 4) is 11.5 Å². The minimum atomic E-state index is 0. The molecule has 1 aromatic rings. The van der Waals surface area contributed by atoms with Crippen LogP contribution in [0.1, 0.15) is 13.8 Å². The molecule has 3 heteroatoms. The van der Waals surface area contributed by atoms with Gasteiger partial charge in [0.25, 0.3) is 0 Å². The molecule has 0 aliphatic rings. The van der Waals surface area contributed by atoms with Gasteiger partial charge < -0.3 is 15.9 Å². The van der Waals surface area contributed by atoms with Gasteiger partial charge in [0.15, 0.2) is 0 Å². The summed E-state index contributed by atoms with van der Waals surface area (Å²) in [4.78, 5) is 0. The smallest absolute Gasteiger partial charge is 0.551 e. The Hall–Kier alpha value is -0.440. The number of benzene rings is 1. The number of hydrogen-bond donors (Lipinski definition) is 0. The van der Waals surface area contributed by atoms with Gasteiger partial charge in [-0.15, -0.1) is 12.1 Å². The second kappa shape index (κ2) is 10.6. The van der Waals surface area contributed by atoms with Crippen molar-refractivity contribution in [2.24, 2.45) is 0 Å².